The van der Waals surface area contributed by atoms with E-state index in [0.29, 0.717) is 7.92 Å². The first-order chi connectivity index (χ1) is 16.0. The number of hydrogen-bond acceptors (Lipinski definition) is 3. The van der Waals surface area contributed by atoms with Gasteiger partial charge in [-0.2, -0.15) is 0 Å². The van der Waals surface area contributed by atoms with Gasteiger partial charge in [0, 0.05) is 7.11 Å². The standard InChI is InChI=1S/C24H51P.C5H13NO2/c1-4-7-10-13-16-19-22-25(23-20-17-14-11-8-5-2)24-21-18-15-12-9-6-3;1-4(6)8-5(2)7-3/h4-24H2,1-3H3;4-5H,6H2,1-3H3. The first-order valence-corrected chi connectivity index (χ1v) is 16.6. The van der Waals surface area contributed by atoms with E-state index >= 15 is 0 Å². The highest BCUT2D eigenvalue weighted by Gasteiger charge is 2.08. The van der Waals surface area contributed by atoms with Crippen LogP contribution in [0.1, 0.15) is 150 Å². The molecule has 0 heterocycles. The second-order valence-electron chi connectivity index (χ2n) is 9.79. The van der Waals surface area contributed by atoms with Gasteiger partial charge >= 0.3 is 0 Å². The third-order valence-corrected chi connectivity index (χ3v) is 9.07. The van der Waals surface area contributed by atoms with E-state index in [0.717, 1.165) is 0 Å². The summed E-state index contributed by atoms with van der Waals surface area (Å²) in [6.07, 6.45) is 30.8. The van der Waals surface area contributed by atoms with Crippen molar-refractivity contribution >= 4 is 7.92 Å². The molecule has 0 radical (unpaired) electrons. The lowest BCUT2D eigenvalue weighted by Crippen LogP contribution is -2.25. The van der Waals surface area contributed by atoms with Crippen LogP contribution in [0.4, 0.5) is 0 Å². The molecule has 0 rings (SSSR count). The van der Waals surface area contributed by atoms with E-state index in [1.165, 1.54) is 116 Å². The molecule has 0 aromatic heterocycles. The lowest BCUT2D eigenvalue weighted by molar-refractivity contribution is -0.137. The van der Waals surface area contributed by atoms with E-state index in [-0.39, 0.29) is 12.5 Å². The van der Waals surface area contributed by atoms with Crippen molar-refractivity contribution in [1.29, 1.82) is 0 Å². The predicted molar refractivity (Wildman–Crippen MR) is 153 cm³/mol. The number of rotatable bonds is 24. The van der Waals surface area contributed by atoms with Crippen molar-refractivity contribution in [3.05, 3.63) is 0 Å². The Kier molecular flexibility index (Phi) is 32.6. The number of methoxy groups -OCH3 is 1. The Morgan fingerprint density at radius 2 is 0.848 bits per heavy atom. The van der Waals surface area contributed by atoms with Crippen LogP contribution in [0, 0.1) is 0 Å². The molecule has 0 spiro atoms. The maximum atomic E-state index is 5.27. The Balaban J connectivity index is 0. The van der Waals surface area contributed by atoms with Crippen LogP contribution in [0.5, 0.6) is 0 Å². The molecular weight excluding hydrogens is 425 g/mol. The molecule has 0 aliphatic carbocycles. The Labute approximate surface area is 211 Å². The molecule has 202 valence electrons. The smallest absolute Gasteiger partial charge is 0.156 e. The van der Waals surface area contributed by atoms with Crippen molar-refractivity contribution in [2.75, 3.05) is 25.6 Å². The third-order valence-electron chi connectivity index (χ3n) is 6.22. The summed E-state index contributed by atoms with van der Waals surface area (Å²) in [5.41, 5.74) is 5.27. The molecule has 2 unspecified atom stereocenters. The van der Waals surface area contributed by atoms with Gasteiger partial charge in [0.2, 0.25) is 0 Å². The van der Waals surface area contributed by atoms with E-state index < -0.39 is 0 Å². The highest BCUT2D eigenvalue weighted by molar-refractivity contribution is 7.57. The Morgan fingerprint density at radius 1 is 0.545 bits per heavy atom. The van der Waals surface area contributed by atoms with Crippen molar-refractivity contribution in [3.63, 3.8) is 0 Å². The molecule has 0 amide bonds. The van der Waals surface area contributed by atoms with E-state index in [9.17, 15) is 0 Å². The van der Waals surface area contributed by atoms with Gasteiger partial charge in [-0.15, -0.1) is 7.92 Å². The van der Waals surface area contributed by atoms with Crippen molar-refractivity contribution in [2.45, 2.75) is 163 Å². The van der Waals surface area contributed by atoms with Crippen LogP contribution in [-0.4, -0.2) is 38.1 Å². The zero-order valence-electron chi connectivity index (χ0n) is 23.8. The fraction of sp³-hybridized carbons (Fsp3) is 1.00. The van der Waals surface area contributed by atoms with Crippen molar-refractivity contribution < 1.29 is 9.47 Å². The molecule has 4 heteroatoms. The highest BCUT2D eigenvalue weighted by Crippen LogP contribution is 2.39. The quantitative estimate of drug-likeness (QED) is 0.0833. The van der Waals surface area contributed by atoms with Crippen LogP contribution in [0.3, 0.4) is 0 Å². The largest absolute Gasteiger partial charge is 0.356 e. The molecule has 0 fully saturated rings. The van der Waals surface area contributed by atoms with Crippen molar-refractivity contribution in [1.82, 2.24) is 0 Å². The minimum Gasteiger partial charge on any atom is -0.356 e. The van der Waals surface area contributed by atoms with Crippen LogP contribution >= 0.6 is 7.92 Å². The Hall–Kier alpha value is 0.310. The minimum absolute atomic E-state index is 0.199. The number of unbranched alkanes of at least 4 members (excludes halogenated alkanes) is 15. The third kappa shape index (κ3) is 32.3. The van der Waals surface area contributed by atoms with Crippen LogP contribution in [-0.2, 0) is 9.47 Å². The summed E-state index contributed by atoms with van der Waals surface area (Å²) in [5.74, 6) is 0. The van der Waals surface area contributed by atoms with E-state index in [2.05, 4.69) is 20.8 Å². The van der Waals surface area contributed by atoms with Gasteiger partial charge in [0.25, 0.3) is 0 Å². The lowest BCUT2D eigenvalue weighted by Gasteiger charge is -2.18. The van der Waals surface area contributed by atoms with Gasteiger partial charge in [-0.1, -0.05) is 117 Å². The topological polar surface area (TPSA) is 44.5 Å². The summed E-state index contributed by atoms with van der Waals surface area (Å²) >= 11 is 0. The molecule has 0 bridgehead atoms. The summed E-state index contributed by atoms with van der Waals surface area (Å²) < 4.78 is 9.71. The summed E-state index contributed by atoms with van der Waals surface area (Å²) in [6.45, 7) is 10.5. The molecule has 33 heavy (non-hydrogen) atoms. The molecule has 0 aromatic rings. The van der Waals surface area contributed by atoms with Crippen LogP contribution < -0.4 is 5.73 Å². The normalized spacial score (nSPS) is 13.1. The van der Waals surface area contributed by atoms with Crippen molar-refractivity contribution in [2.24, 2.45) is 5.73 Å². The minimum atomic E-state index is -0.245. The highest BCUT2D eigenvalue weighted by atomic mass is 31.1. The summed E-state index contributed by atoms with van der Waals surface area (Å²) in [6, 6.07) is 0. The SMILES string of the molecule is CCCCCCCCP(CCCCCCCC)CCCCCCCC.COC(C)OC(C)N. The van der Waals surface area contributed by atoms with E-state index in [1.54, 1.807) is 39.4 Å². The van der Waals surface area contributed by atoms with E-state index in [1.807, 2.05) is 0 Å². The molecule has 0 saturated heterocycles. The first-order valence-electron chi connectivity index (χ1n) is 14.7. The molecule has 0 aromatic carbocycles. The fourth-order valence-electron chi connectivity index (χ4n) is 4.04. The fourth-order valence-corrected chi connectivity index (χ4v) is 6.72. The van der Waals surface area contributed by atoms with Gasteiger partial charge in [-0.25, -0.2) is 0 Å². The average molecular weight is 490 g/mol. The average Bonchev–Trinajstić information content (AvgIpc) is 2.80. The van der Waals surface area contributed by atoms with Gasteiger partial charge in [-0.05, 0) is 51.6 Å². The maximum absolute atomic E-state index is 5.27. The molecule has 2 atom stereocenters. The zero-order valence-corrected chi connectivity index (χ0v) is 24.7. The van der Waals surface area contributed by atoms with Gasteiger partial charge in [0.1, 0.15) is 6.23 Å². The molecule has 0 aliphatic heterocycles. The van der Waals surface area contributed by atoms with Crippen LogP contribution in [0.15, 0.2) is 0 Å². The second-order valence-corrected chi connectivity index (χ2v) is 12.5. The monoisotopic (exact) mass is 489 g/mol. The van der Waals surface area contributed by atoms with Crippen LogP contribution in [0.2, 0.25) is 0 Å². The summed E-state index contributed by atoms with van der Waals surface area (Å²) in [7, 11) is 1.94. The zero-order chi connectivity index (χ0) is 25.0. The predicted octanol–water partition coefficient (Wildman–Crippen LogP) is 9.85. The number of nitrogens with two attached hydrogens (primary N) is 1. The Bertz CT molecular complexity index is 304. The molecule has 0 aliphatic rings. The second kappa shape index (κ2) is 30.3. The maximum Gasteiger partial charge on any atom is 0.156 e. The molecular formula is C29H64NO2P. The molecule has 0 saturated carbocycles. The van der Waals surface area contributed by atoms with Gasteiger partial charge in [-0.3, -0.25) is 0 Å². The van der Waals surface area contributed by atoms with Crippen molar-refractivity contribution in [3.8, 4) is 0 Å². The Morgan fingerprint density at radius 3 is 1.09 bits per heavy atom. The van der Waals surface area contributed by atoms with Crippen LogP contribution in [0.25, 0.3) is 0 Å². The van der Waals surface area contributed by atoms with Gasteiger partial charge in [0.05, 0.1) is 0 Å². The lowest BCUT2D eigenvalue weighted by atomic mass is 10.1. The molecule has 2 N–H and O–H groups in total. The molecule has 3 nitrogen and oxygen atoms in total. The summed E-state index contributed by atoms with van der Waals surface area (Å²) in [5, 5.41) is 0. The van der Waals surface area contributed by atoms with Gasteiger partial charge in [0.15, 0.2) is 6.29 Å². The summed E-state index contributed by atoms with van der Waals surface area (Å²) in [4.78, 5) is 0. The van der Waals surface area contributed by atoms with E-state index in [4.69, 9.17) is 15.2 Å². The van der Waals surface area contributed by atoms with Gasteiger partial charge < -0.3 is 15.2 Å². The number of hydrogen-bond donors (Lipinski definition) is 1. The first kappa shape index (κ1) is 35.5. The number of ether oxygens (including phenoxy) is 2.